The predicted octanol–water partition coefficient (Wildman–Crippen LogP) is 3.74. The van der Waals surface area contributed by atoms with Crippen molar-refractivity contribution in [3.8, 4) is 11.5 Å². The summed E-state index contributed by atoms with van der Waals surface area (Å²) in [6, 6.07) is 7.55. The molecule has 0 unspecified atom stereocenters. The van der Waals surface area contributed by atoms with Crippen molar-refractivity contribution in [2.45, 2.75) is 46.2 Å². The van der Waals surface area contributed by atoms with Gasteiger partial charge in [-0.05, 0) is 69.6 Å². The predicted molar refractivity (Wildman–Crippen MR) is 119 cm³/mol. The average molecular weight is 431 g/mol. The van der Waals surface area contributed by atoms with Crippen LogP contribution in [0.3, 0.4) is 0 Å². The van der Waals surface area contributed by atoms with Gasteiger partial charge in [-0.3, -0.25) is 4.79 Å². The van der Waals surface area contributed by atoms with Crippen LogP contribution in [-0.2, 0) is 11.3 Å². The van der Waals surface area contributed by atoms with Crippen molar-refractivity contribution < 1.29 is 18.7 Å². The maximum absolute atomic E-state index is 14.7. The zero-order chi connectivity index (χ0) is 22.2. The van der Waals surface area contributed by atoms with Gasteiger partial charge < -0.3 is 25.0 Å². The normalized spacial score (nSPS) is 14.2. The van der Waals surface area contributed by atoms with Crippen molar-refractivity contribution in [3.05, 3.63) is 41.8 Å². The van der Waals surface area contributed by atoms with Gasteiger partial charge in [0.25, 0.3) is 0 Å². The van der Waals surface area contributed by atoms with Crippen molar-refractivity contribution in [1.82, 2.24) is 10.3 Å². The Labute approximate surface area is 182 Å². The summed E-state index contributed by atoms with van der Waals surface area (Å²) in [5.74, 6) is 0.289. The molecule has 0 radical (unpaired) electrons. The largest absolute Gasteiger partial charge is 0.491 e. The highest BCUT2D eigenvalue weighted by Crippen LogP contribution is 2.32. The molecule has 1 saturated heterocycles. The zero-order valence-corrected chi connectivity index (χ0v) is 18.4. The van der Waals surface area contributed by atoms with Gasteiger partial charge in [0.15, 0.2) is 11.5 Å². The topological polar surface area (TPSA) is 75.7 Å². The third-order valence-corrected chi connectivity index (χ3v) is 5.15. The minimum atomic E-state index is -0.470. The van der Waals surface area contributed by atoms with Crippen LogP contribution < -0.4 is 25.0 Å². The van der Waals surface area contributed by atoms with E-state index >= 15 is 0 Å². The van der Waals surface area contributed by atoms with E-state index in [0.717, 1.165) is 37.2 Å². The molecule has 2 N–H and O–H groups in total. The maximum atomic E-state index is 14.7. The highest BCUT2D eigenvalue weighted by atomic mass is 19.1. The molecular formula is C23H31FN4O3. The molecule has 1 amide bonds. The maximum Gasteiger partial charge on any atom is 0.222 e. The molecular weight excluding hydrogens is 399 g/mol. The number of hydrogen-bond donors (Lipinski definition) is 2. The molecule has 2 heterocycles. The summed E-state index contributed by atoms with van der Waals surface area (Å²) in [6.07, 6.45) is 3.75. The average Bonchev–Trinajstić information content (AvgIpc) is 2.76. The summed E-state index contributed by atoms with van der Waals surface area (Å²) in [5, 5.41) is 6.09. The van der Waals surface area contributed by atoms with Crippen molar-refractivity contribution in [2.24, 2.45) is 0 Å². The van der Waals surface area contributed by atoms with Gasteiger partial charge in [0.2, 0.25) is 11.7 Å². The molecule has 7 nitrogen and oxygen atoms in total. The number of piperidine rings is 1. The van der Waals surface area contributed by atoms with Crippen LogP contribution in [0.1, 0.15) is 39.2 Å². The van der Waals surface area contributed by atoms with Gasteiger partial charge in [-0.15, -0.1) is 0 Å². The van der Waals surface area contributed by atoms with E-state index in [0.29, 0.717) is 31.6 Å². The van der Waals surface area contributed by atoms with Crippen LogP contribution in [0, 0.1) is 5.82 Å². The number of halogens is 1. The minimum absolute atomic E-state index is 0.159. The molecule has 1 fully saturated rings. The summed E-state index contributed by atoms with van der Waals surface area (Å²) in [7, 11) is 0. The third kappa shape index (κ3) is 6.07. The number of nitrogens with one attached hydrogen (secondary N) is 2. The summed E-state index contributed by atoms with van der Waals surface area (Å²) < 4.78 is 25.7. The molecule has 2 aromatic rings. The van der Waals surface area contributed by atoms with Gasteiger partial charge in [0.1, 0.15) is 5.82 Å². The number of amides is 1. The first-order chi connectivity index (χ1) is 15.0. The van der Waals surface area contributed by atoms with Crippen LogP contribution in [0.4, 0.5) is 15.9 Å². The second-order valence-electron chi connectivity index (χ2n) is 7.46. The number of ether oxygens (including phenoxy) is 2. The fourth-order valence-corrected chi connectivity index (χ4v) is 3.80. The van der Waals surface area contributed by atoms with E-state index in [1.165, 1.54) is 6.92 Å². The lowest BCUT2D eigenvalue weighted by Crippen LogP contribution is -2.43. The highest BCUT2D eigenvalue weighted by Gasteiger charge is 2.23. The second kappa shape index (κ2) is 10.9. The Balaban J connectivity index is 1.92. The first kappa shape index (κ1) is 22.8. The molecule has 0 saturated carbocycles. The molecule has 0 aliphatic carbocycles. The fourth-order valence-electron chi connectivity index (χ4n) is 3.80. The number of carbonyl (C=O) groups excluding carboxylic acids is 1. The van der Waals surface area contributed by atoms with Crippen LogP contribution in [0.2, 0.25) is 0 Å². The SMILES string of the molecule is CCOc1cc(CN(c2ccc(NC(C)=O)nc2)C2CCNCC2)cc(OCC)c1F. The highest BCUT2D eigenvalue weighted by molar-refractivity contribution is 5.87. The number of rotatable bonds is 9. The molecule has 1 aliphatic heterocycles. The van der Waals surface area contributed by atoms with Crippen LogP contribution in [0.25, 0.3) is 0 Å². The third-order valence-electron chi connectivity index (χ3n) is 5.15. The van der Waals surface area contributed by atoms with Crippen molar-refractivity contribution in [3.63, 3.8) is 0 Å². The van der Waals surface area contributed by atoms with Crippen molar-refractivity contribution >= 4 is 17.4 Å². The van der Waals surface area contributed by atoms with Gasteiger partial charge in [0.05, 0.1) is 25.1 Å². The number of hydrogen-bond acceptors (Lipinski definition) is 6. The first-order valence-electron chi connectivity index (χ1n) is 10.8. The molecule has 1 aromatic carbocycles. The molecule has 0 bridgehead atoms. The summed E-state index contributed by atoms with van der Waals surface area (Å²) in [5.41, 5.74) is 1.85. The lowest BCUT2D eigenvalue weighted by molar-refractivity contribution is -0.114. The van der Waals surface area contributed by atoms with Crippen LogP contribution >= 0.6 is 0 Å². The number of benzene rings is 1. The Bertz CT molecular complexity index is 843. The Morgan fingerprint density at radius 2 is 1.84 bits per heavy atom. The molecule has 0 spiro atoms. The first-order valence-corrected chi connectivity index (χ1v) is 10.8. The van der Waals surface area contributed by atoms with E-state index in [2.05, 4.69) is 20.5 Å². The number of pyridine rings is 1. The lowest BCUT2D eigenvalue weighted by atomic mass is 10.0. The molecule has 3 rings (SSSR count). The van der Waals surface area contributed by atoms with E-state index in [-0.39, 0.29) is 17.4 Å². The smallest absolute Gasteiger partial charge is 0.222 e. The van der Waals surface area contributed by atoms with E-state index in [1.54, 1.807) is 24.4 Å². The minimum Gasteiger partial charge on any atom is -0.491 e. The van der Waals surface area contributed by atoms with Crippen molar-refractivity contribution in [1.29, 1.82) is 0 Å². The fraction of sp³-hybridized carbons (Fsp3) is 0.478. The van der Waals surface area contributed by atoms with E-state index in [1.807, 2.05) is 19.9 Å². The van der Waals surface area contributed by atoms with Crippen LogP contribution in [0.15, 0.2) is 30.5 Å². The number of nitrogens with zero attached hydrogens (tertiary/aromatic N) is 2. The summed E-state index contributed by atoms with van der Waals surface area (Å²) in [4.78, 5) is 18.0. The molecule has 168 valence electrons. The summed E-state index contributed by atoms with van der Waals surface area (Å²) in [6.45, 7) is 8.31. The van der Waals surface area contributed by atoms with Gasteiger partial charge in [-0.2, -0.15) is 4.39 Å². The van der Waals surface area contributed by atoms with Gasteiger partial charge >= 0.3 is 0 Å². The number of anilines is 2. The molecule has 0 atom stereocenters. The standard InChI is InChI=1S/C23H31FN4O3/c1-4-30-20-12-17(13-21(23(20)24)31-5-2)15-28(18-8-10-25-11-9-18)19-6-7-22(26-14-19)27-16(3)29/h6-7,12-14,18,25H,4-5,8-11,15H2,1-3H3,(H,26,27,29). The Kier molecular flexibility index (Phi) is 8.06. The van der Waals surface area contributed by atoms with E-state index in [4.69, 9.17) is 9.47 Å². The zero-order valence-electron chi connectivity index (χ0n) is 18.4. The molecule has 31 heavy (non-hydrogen) atoms. The molecule has 1 aromatic heterocycles. The molecule has 1 aliphatic rings. The van der Waals surface area contributed by atoms with E-state index < -0.39 is 5.82 Å². The Hall–Kier alpha value is -2.87. The van der Waals surface area contributed by atoms with Gasteiger partial charge in [0, 0.05) is 19.5 Å². The monoisotopic (exact) mass is 430 g/mol. The second-order valence-corrected chi connectivity index (χ2v) is 7.46. The summed E-state index contributed by atoms with van der Waals surface area (Å²) >= 11 is 0. The lowest BCUT2D eigenvalue weighted by Gasteiger charge is -2.36. The number of aromatic nitrogens is 1. The quantitative estimate of drug-likeness (QED) is 0.631. The van der Waals surface area contributed by atoms with E-state index in [9.17, 15) is 9.18 Å². The molecule has 8 heteroatoms. The van der Waals surface area contributed by atoms with Gasteiger partial charge in [-0.1, -0.05) is 0 Å². The Morgan fingerprint density at radius 3 is 2.35 bits per heavy atom. The Morgan fingerprint density at radius 1 is 1.19 bits per heavy atom. The van der Waals surface area contributed by atoms with Crippen LogP contribution in [-0.4, -0.2) is 43.2 Å². The van der Waals surface area contributed by atoms with Gasteiger partial charge in [-0.25, -0.2) is 4.98 Å². The number of carbonyl (C=O) groups is 1. The van der Waals surface area contributed by atoms with Crippen molar-refractivity contribution in [2.75, 3.05) is 36.5 Å². The van der Waals surface area contributed by atoms with Crippen LogP contribution in [0.5, 0.6) is 11.5 Å².